The highest BCUT2D eigenvalue weighted by Crippen LogP contribution is 2.18. The van der Waals surface area contributed by atoms with E-state index in [1.807, 2.05) is 21.0 Å². The minimum absolute atomic E-state index is 0.0674. The van der Waals surface area contributed by atoms with Gasteiger partial charge in [0.2, 0.25) is 5.91 Å². The first-order valence-corrected chi connectivity index (χ1v) is 8.59. The van der Waals surface area contributed by atoms with Crippen LogP contribution in [0.1, 0.15) is 34.8 Å². The first kappa shape index (κ1) is 19.7. The minimum Gasteiger partial charge on any atom is -0.354 e. The minimum atomic E-state index is -0.535. The lowest BCUT2D eigenvalue weighted by Crippen LogP contribution is -2.35. The Kier molecular flexibility index (Phi) is 6.52. The average Bonchev–Trinajstić information content (AvgIpc) is 2.55. The Morgan fingerprint density at radius 3 is 2.35 bits per heavy atom. The fourth-order valence-corrected chi connectivity index (χ4v) is 2.85. The van der Waals surface area contributed by atoms with Crippen LogP contribution in [0.25, 0.3) is 0 Å². The maximum absolute atomic E-state index is 12.2. The molecule has 0 fully saturated rings. The molecular formula is C19H26N4O3. The third kappa shape index (κ3) is 5.16. The standard InChI is InChI=1S/C19H26N4O3/c1-12-5-7-14(8-6-12)16(23(3)4)11-20-17(24)10-9-15-13(2)21-19(26)22-18(15)25/h5-8,16H,9-11H2,1-4H3,(H,20,24)(H2,21,22,25,26)/t16-/m0/s1. The topological polar surface area (TPSA) is 98.1 Å². The molecule has 0 spiro atoms. The monoisotopic (exact) mass is 358 g/mol. The molecule has 1 amide bonds. The number of hydrogen-bond acceptors (Lipinski definition) is 4. The van der Waals surface area contributed by atoms with E-state index in [4.69, 9.17) is 0 Å². The number of nitrogens with zero attached hydrogens (tertiary/aromatic N) is 1. The summed E-state index contributed by atoms with van der Waals surface area (Å²) in [5, 5.41) is 2.93. The second-order valence-electron chi connectivity index (χ2n) is 6.71. The molecule has 0 saturated heterocycles. The van der Waals surface area contributed by atoms with E-state index in [0.717, 1.165) is 5.56 Å². The van der Waals surface area contributed by atoms with E-state index in [9.17, 15) is 14.4 Å². The Morgan fingerprint density at radius 1 is 1.12 bits per heavy atom. The number of H-pyrrole nitrogens is 2. The van der Waals surface area contributed by atoms with Gasteiger partial charge in [0.1, 0.15) is 0 Å². The van der Waals surface area contributed by atoms with Crippen LogP contribution in [0.5, 0.6) is 0 Å². The fourth-order valence-electron chi connectivity index (χ4n) is 2.85. The lowest BCUT2D eigenvalue weighted by Gasteiger charge is -2.25. The van der Waals surface area contributed by atoms with Crippen LogP contribution in [-0.4, -0.2) is 41.4 Å². The van der Waals surface area contributed by atoms with Crippen LogP contribution in [0.15, 0.2) is 33.9 Å². The van der Waals surface area contributed by atoms with E-state index in [1.165, 1.54) is 5.56 Å². The number of benzene rings is 1. The van der Waals surface area contributed by atoms with Gasteiger partial charge in [0.15, 0.2) is 0 Å². The van der Waals surface area contributed by atoms with Crippen LogP contribution < -0.4 is 16.6 Å². The van der Waals surface area contributed by atoms with E-state index in [2.05, 4.69) is 44.5 Å². The Balaban J connectivity index is 1.96. The van der Waals surface area contributed by atoms with Crippen molar-refractivity contribution in [2.45, 2.75) is 32.7 Å². The quantitative estimate of drug-likeness (QED) is 0.688. The molecule has 7 nitrogen and oxygen atoms in total. The van der Waals surface area contributed by atoms with Gasteiger partial charge in [-0.2, -0.15) is 0 Å². The molecular weight excluding hydrogens is 332 g/mol. The number of carbonyl (C=O) groups is 1. The number of amides is 1. The molecule has 0 unspecified atom stereocenters. The number of aromatic nitrogens is 2. The molecule has 140 valence electrons. The Hall–Kier alpha value is -2.67. The van der Waals surface area contributed by atoms with E-state index in [0.29, 0.717) is 17.8 Å². The molecule has 0 saturated carbocycles. The van der Waals surface area contributed by atoms with Crippen LogP contribution in [0.2, 0.25) is 0 Å². The van der Waals surface area contributed by atoms with Crippen molar-refractivity contribution in [3.8, 4) is 0 Å². The zero-order chi connectivity index (χ0) is 19.3. The highest BCUT2D eigenvalue weighted by Gasteiger charge is 2.16. The largest absolute Gasteiger partial charge is 0.354 e. The number of carbonyl (C=O) groups excluding carboxylic acids is 1. The van der Waals surface area contributed by atoms with Gasteiger partial charge in [0.25, 0.3) is 5.56 Å². The molecule has 0 bridgehead atoms. The third-order valence-corrected chi connectivity index (χ3v) is 4.43. The Bertz CT molecular complexity index is 866. The number of nitrogens with one attached hydrogen (secondary N) is 3. The first-order chi connectivity index (χ1) is 12.3. The summed E-state index contributed by atoms with van der Waals surface area (Å²) in [5.41, 5.74) is 2.28. The molecule has 1 atom stereocenters. The summed E-state index contributed by atoms with van der Waals surface area (Å²) in [5.74, 6) is -0.131. The number of aryl methyl sites for hydroxylation is 2. The van der Waals surface area contributed by atoms with Crippen molar-refractivity contribution in [2.75, 3.05) is 20.6 Å². The molecule has 0 aliphatic carbocycles. The van der Waals surface area contributed by atoms with E-state index in [-0.39, 0.29) is 24.8 Å². The molecule has 26 heavy (non-hydrogen) atoms. The molecule has 0 aliphatic heterocycles. The molecule has 2 rings (SSSR count). The maximum atomic E-state index is 12.2. The van der Waals surface area contributed by atoms with Crippen LogP contribution in [-0.2, 0) is 11.2 Å². The lowest BCUT2D eigenvalue weighted by molar-refractivity contribution is -0.121. The summed E-state index contributed by atoms with van der Waals surface area (Å²) >= 11 is 0. The zero-order valence-corrected chi connectivity index (χ0v) is 15.7. The molecule has 1 aromatic heterocycles. The number of likely N-dealkylation sites (N-methyl/N-ethyl adjacent to an activating group) is 1. The van der Waals surface area contributed by atoms with E-state index in [1.54, 1.807) is 6.92 Å². The van der Waals surface area contributed by atoms with Gasteiger partial charge < -0.3 is 15.2 Å². The highest BCUT2D eigenvalue weighted by atomic mass is 16.2. The first-order valence-electron chi connectivity index (χ1n) is 8.59. The van der Waals surface area contributed by atoms with Gasteiger partial charge in [-0.05, 0) is 39.9 Å². The summed E-state index contributed by atoms with van der Waals surface area (Å²) in [6.07, 6.45) is 0.463. The lowest BCUT2D eigenvalue weighted by atomic mass is 10.0. The summed E-state index contributed by atoms with van der Waals surface area (Å²) in [7, 11) is 3.94. The zero-order valence-electron chi connectivity index (χ0n) is 15.7. The van der Waals surface area contributed by atoms with Crippen molar-refractivity contribution in [3.63, 3.8) is 0 Å². The van der Waals surface area contributed by atoms with Crippen molar-refractivity contribution < 1.29 is 4.79 Å². The molecule has 0 radical (unpaired) electrons. The fraction of sp³-hybridized carbons (Fsp3) is 0.421. The summed E-state index contributed by atoms with van der Waals surface area (Å²) in [6.45, 7) is 4.18. The van der Waals surface area contributed by atoms with Gasteiger partial charge in [0, 0.05) is 24.2 Å². The molecule has 0 aliphatic rings. The normalized spacial score (nSPS) is 12.2. The van der Waals surface area contributed by atoms with Gasteiger partial charge in [-0.3, -0.25) is 14.6 Å². The van der Waals surface area contributed by atoms with Crippen molar-refractivity contribution in [1.82, 2.24) is 20.2 Å². The Labute approximate surface area is 152 Å². The Morgan fingerprint density at radius 2 is 1.77 bits per heavy atom. The van der Waals surface area contributed by atoms with Crippen molar-refractivity contribution in [1.29, 1.82) is 0 Å². The number of aromatic amines is 2. The van der Waals surface area contributed by atoms with Crippen molar-refractivity contribution in [2.24, 2.45) is 0 Å². The molecule has 1 aromatic carbocycles. The molecule has 1 heterocycles. The van der Waals surface area contributed by atoms with Crippen LogP contribution in [0.4, 0.5) is 0 Å². The highest BCUT2D eigenvalue weighted by molar-refractivity contribution is 5.76. The van der Waals surface area contributed by atoms with Crippen LogP contribution >= 0.6 is 0 Å². The molecule has 3 N–H and O–H groups in total. The van der Waals surface area contributed by atoms with E-state index < -0.39 is 11.2 Å². The number of rotatable bonds is 7. The van der Waals surface area contributed by atoms with Gasteiger partial charge in [-0.15, -0.1) is 0 Å². The second-order valence-corrected chi connectivity index (χ2v) is 6.71. The smallest absolute Gasteiger partial charge is 0.325 e. The maximum Gasteiger partial charge on any atom is 0.325 e. The predicted molar refractivity (Wildman–Crippen MR) is 101 cm³/mol. The van der Waals surface area contributed by atoms with Gasteiger partial charge in [-0.1, -0.05) is 29.8 Å². The van der Waals surface area contributed by atoms with Crippen LogP contribution in [0.3, 0.4) is 0 Å². The summed E-state index contributed by atoms with van der Waals surface area (Å²) in [6, 6.07) is 8.31. The summed E-state index contributed by atoms with van der Waals surface area (Å²) < 4.78 is 0. The SMILES string of the molecule is Cc1ccc([C@H](CNC(=O)CCc2c(C)[nH]c(=O)[nH]c2=O)N(C)C)cc1. The molecule has 7 heteroatoms. The van der Waals surface area contributed by atoms with Crippen molar-refractivity contribution >= 4 is 5.91 Å². The second kappa shape index (κ2) is 8.62. The van der Waals surface area contributed by atoms with Gasteiger partial charge >= 0.3 is 5.69 Å². The summed E-state index contributed by atoms with van der Waals surface area (Å²) in [4.78, 5) is 42.0. The van der Waals surface area contributed by atoms with Crippen molar-refractivity contribution in [3.05, 3.63) is 67.5 Å². The average molecular weight is 358 g/mol. The van der Waals surface area contributed by atoms with Crippen LogP contribution in [0, 0.1) is 13.8 Å². The van der Waals surface area contributed by atoms with E-state index >= 15 is 0 Å². The van der Waals surface area contributed by atoms with Gasteiger partial charge in [0.05, 0.1) is 6.04 Å². The predicted octanol–water partition coefficient (Wildman–Crippen LogP) is 1.03. The van der Waals surface area contributed by atoms with Gasteiger partial charge in [-0.25, -0.2) is 4.79 Å². The third-order valence-electron chi connectivity index (χ3n) is 4.43. The number of hydrogen-bond donors (Lipinski definition) is 3. The molecule has 2 aromatic rings.